The van der Waals surface area contributed by atoms with Crippen LogP contribution < -0.4 is 5.32 Å². The molecule has 4 fully saturated rings. The van der Waals surface area contributed by atoms with Crippen molar-refractivity contribution in [3.8, 4) is 0 Å². The molecule has 6 heteroatoms. The Morgan fingerprint density at radius 1 is 0.800 bits per heavy atom. The molecule has 9 unspecified atom stereocenters. The first-order chi connectivity index (χ1) is 21.6. The number of carbonyl (C=O) groups excluding carboxylic acids is 2. The van der Waals surface area contributed by atoms with Crippen LogP contribution in [0, 0.1) is 46.3 Å². The molecule has 4 saturated carbocycles. The highest BCUT2D eigenvalue weighted by Crippen LogP contribution is 2.68. The molecule has 2 N–H and O–H groups in total. The number of fused-ring (bicyclic) bond motifs is 5. The number of aliphatic carboxylic acids is 1. The van der Waals surface area contributed by atoms with Gasteiger partial charge >= 0.3 is 11.9 Å². The van der Waals surface area contributed by atoms with E-state index < -0.39 is 5.97 Å². The summed E-state index contributed by atoms with van der Waals surface area (Å²) in [7, 11) is 0. The number of rotatable bonds is 18. The minimum absolute atomic E-state index is 0.0378. The van der Waals surface area contributed by atoms with Crippen LogP contribution in [0.2, 0.25) is 0 Å². The molecule has 45 heavy (non-hydrogen) atoms. The number of hydrogen-bond donors (Lipinski definition) is 2. The van der Waals surface area contributed by atoms with Crippen molar-refractivity contribution in [2.75, 3.05) is 6.54 Å². The summed E-state index contributed by atoms with van der Waals surface area (Å²) < 4.78 is 6.10. The number of hydrogen-bond acceptors (Lipinski definition) is 4. The number of nitrogens with one attached hydrogen (secondary N) is 1. The molecule has 4 rings (SSSR count). The molecule has 0 radical (unpaired) electrons. The van der Waals surface area contributed by atoms with Gasteiger partial charge in [0.2, 0.25) is 5.91 Å². The summed E-state index contributed by atoms with van der Waals surface area (Å²) in [6, 6.07) is 0. The van der Waals surface area contributed by atoms with Crippen molar-refractivity contribution in [2.24, 2.45) is 46.3 Å². The molecule has 6 nitrogen and oxygen atoms in total. The van der Waals surface area contributed by atoms with Crippen molar-refractivity contribution >= 4 is 17.8 Å². The van der Waals surface area contributed by atoms with Crippen LogP contribution in [0.5, 0.6) is 0 Å². The van der Waals surface area contributed by atoms with Crippen molar-refractivity contribution < 1.29 is 24.2 Å². The third-order valence-corrected chi connectivity index (χ3v) is 13.7. The number of carboxylic acid groups (broad SMARTS) is 1. The van der Waals surface area contributed by atoms with Crippen molar-refractivity contribution in [2.45, 2.75) is 175 Å². The van der Waals surface area contributed by atoms with E-state index in [1.165, 1.54) is 96.3 Å². The van der Waals surface area contributed by atoms with Crippen molar-refractivity contribution in [1.82, 2.24) is 5.32 Å². The second-order valence-electron chi connectivity index (χ2n) is 16.4. The first kappa shape index (κ1) is 36.2. The summed E-state index contributed by atoms with van der Waals surface area (Å²) in [5.41, 5.74) is 0.721. The largest absolute Gasteiger partial charge is 0.480 e. The highest BCUT2D eigenvalue weighted by atomic mass is 16.5. The minimum atomic E-state index is -0.989. The smallest absolute Gasteiger partial charge is 0.322 e. The monoisotopic (exact) mass is 630 g/mol. The van der Waals surface area contributed by atoms with E-state index in [0.717, 1.165) is 49.9 Å². The Labute approximate surface area is 275 Å². The maximum absolute atomic E-state index is 12.7. The fraction of sp³-hybridized carbons (Fsp3) is 0.923. The molecule has 9 atom stereocenters. The van der Waals surface area contributed by atoms with Crippen molar-refractivity contribution in [1.29, 1.82) is 0 Å². The highest BCUT2D eigenvalue weighted by molar-refractivity contribution is 5.81. The number of carboxylic acids is 1. The van der Waals surface area contributed by atoms with Gasteiger partial charge in [0.05, 0.1) is 0 Å². The van der Waals surface area contributed by atoms with E-state index in [0.29, 0.717) is 41.4 Å². The quantitative estimate of drug-likeness (QED) is 0.116. The van der Waals surface area contributed by atoms with E-state index >= 15 is 0 Å². The normalized spacial score (nSPS) is 34.7. The predicted octanol–water partition coefficient (Wildman–Crippen LogP) is 9.49. The number of amides is 1. The summed E-state index contributed by atoms with van der Waals surface area (Å²) in [6.07, 6.45) is 25.9. The van der Waals surface area contributed by atoms with Gasteiger partial charge in [0.25, 0.3) is 0 Å². The summed E-state index contributed by atoms with van der Waals surface area (Å²) in [5, 5.41) is 11.4. The van der Waals surface area contributed by atoms with Crippen LogP contribution in [0.1, 0.15) is 169 Å². The average Bonchev–Trinajstić information content (AvgIpc) is 3.37. The maximum Gasteiger partial charge on any atom is 0.322 e. The second kappa shape index (κ2) is 17.0. The van der Waals surface area contributed by atoms with Crippen molar-refractivity contribution in [3.63, 3.8) is 0 Å². The Balaban J connectivity index is 1.19. The molecule has 4 aliphatic carbocycles. The summed E-state index contributed by atoms with van der Waals surface area (Å²) in [6.45, 7) is 9.45. The van der Waals surface area contributed by atoms with Gasteiger partial charge in [0.1, 0.15) is 12.6 Å². The molecular formula is C39H67NO5. The van der Waals surface area contributed by atoms with Crippen LogP contribution in [0.3, 0.4) is 0 Å². The van der Waals surface area contributed by atoms with Gasteiger partial charge in [-0.2, -0.15) is 0 Å². The van der Waals surface area contributed by atoms with E-state index in [2.05, 4.69) is 33.0 Å². The number of carbonyl (C=O) groups is 3. The average molecular weight is 630 g/mol. The molecule has 0 bridgehead atoms. The van der Waals surface area contributed by atoms with Crippen LogP contribution in [0.25, 0.3) is 0 Å². The SMILES string of the molecule is CCCCCCCCCCCCC(=O)OC1CCC2(C)C(CCC3C2CCC2(C)C(C(C)CCC(=O)NCC(=O)O)CCC32)C1. The van der Waals surface area contributed by atoms with Gasteiger partial charge in [0, 0.05) is 12.8 Å². The first-order valence-corrected chi connectivity index (χ1v) is 19.3. The molecular weight excluding hydrogens is 562 g/mol. The highest BCUT2D eigenvalue weighted by Gasteiger charge is 2.60. The fourth-order valence-corrected chi connectivity index (χ4v) is 11.1. The van der Waals surface area contributed by atoms with E-state index in [1.54, 1.807) is 0 Å². The van der Waals surface area contributed by atoms with Gasteiger partial charge in [-0.25, -0.2) is 0 Å². The van der Waals surface area contributed by atoms with Crippen LogP contribution in [-0.2, 0) is 19.1 Å². The molecule has 258 valence electrons. The Morgan fingerprint density at radius 2 is 1.44 bits per heavy atom. The van der Waals surface area contributed by atoms with Gasteiger partial charge in [-0.05, 0) is 117 Å². The lowest BCUT2D eigenvalue weighted by Crippen LogP contribution is -2.54. The number of unbranched alkanes of at least 4 members (excludes halogenated alkanes) is 9. The lowest BCUT2D eigenvalue weighted by Gasteiger charge is -2.61. The van der Waals surface area contributed by atoms with E-state index in [4.69, 9.17) is 9.84 Å². The Kier molecular flexibility index (Phi) is 13.7. The molecule has 0 aliphatic heterocycles. The van der Waals surface area contributed by atoms with Crippen molar-refractivity contribution in [3.05, 3.63) is 0 Å². The lowest BCUT2D eigenvalue weighted by atomic mass is 9.44. The standard InChI is InChI=1S/C39H67NO5/c1-5-6-7-8-9-10-11-12-13-14-15-37(44)45-30-22-24-38(3)29(26-30)17-18-31-33-20-19-32(39(33,4)25-23-34(31)38)28(2)16-21-35(41)40-27-36(42)43/h28-34H,5-27H2,1-4H3,(H,40,41)(H,42,43). The molecule has 4 aliphatic rings. The summed E-state index contributed by atoms with van der Waals surface area (Å²) in [5.74, 6) is 3.07. The summed E-state index contributed by atoms with van der Waals surface area (Å²) in [4.78, 5) is 35.7. The zero-order chi connectivity index (χ0) is 32.5. The topological polar surface area (TPSA) is 92.7 Å². The minimum Gasteiger partial charge on any atom is -0.480 e. The van der Waals surface area contributed by atoms with Gasteiger partial charge in [-0.3, -0.25) is 14.4 Å². The molecule has 0 aromatic carbocycles. The zero-order valence-corrected chi connectivity index (χ0v) is 29.4. The van der Waals surface area contributed by atoms with Crippen LogP contribution >= 0.6 is 0 Å². The Morgan fingerprint density at radius 3 is 2.13 bits per heavy atom. The number of esters is 1. The van der Waals surface area contributed by atoms with Gasteiger partial charge in [-0.1, -0.05) is 85.5 Å². The Hall–Kier alpha value is -1.59. The summed E-state index contributed by atoms with van der Waals surface area (Å²) >= 11 is 0. The second-order valence-corrected chi connectivity index (χ2v) is 16.4. The zero-order valence-electron chi connectivity index (χ0n) is 29.4. The molecule has 0 aromatic rings. The third kappa shape index (κ3) is 9.28. The lowest BCUT2D eigenvalue weighted by molar-refractivity contribution is -0.162. The molecule has 0 spiro atoms. The number of ether oxygens (including phenoxy) is 1. The predicted molar refractivity (Wildman–Crippen MR) is 181 cm³/mol. The van der Waals surface area contributed by atoms with Gasteiger partial charge in [-0.15, -0.1) is 0 Å². The van der Waals surface area contributed by atoms with E-state index in [1.807, 2.05) is 0 Å². The molecule has 0 saturated heterocycles. The Bertz CT molecular complexity index is 967. The molecule has 0 aromatic heterocycles. The van der Waals surface area contributed by atoms with E-state index in [9.17, 15) is 14.4 Å². The maximum atomic E-state index is 12.7. The van der Waals surface area contributed by atoms with Gasteiger partial charge in [0.15, 0.2) is 0 Å². The molecule has 1 amide bonds. The first-order valence-electron chi connectivity index (χ1n) is 19.3. The van der Waals surface area contributed by atoms with Crippen LogP contribution in [0.4, 0.5) is 0 Å². The molecule has 0 heterocycles. The van der Waals surface area contributed by atoms with Crippen LogP contribution in [-0.4, -0.2) is 35.6 Å². The van der Waals surface area contributed by atoms with Crippen LogP contribution in [0.15, 0.2) is 0 Å². The fourth-order valence-electron chi connectivity index (χ4n) is 11.1. The van der Waals surface area contributed by atoms with Gasteiger partial charge < -0.3 is 15.2 Å². The van der Waals surface area contributed by atoms with E-state index in [-0.39, 0.29) is 24.5 Å². The third-order valence-electron chi connectivity index (χ3n) is 13.7.